The van der Waals surface area contributed by atoms with Crippen LogP contribution in [0.25, 0.3) is 17.3 Å². The second-order valence-electron chi connectivity index (χ2n) is 7.87. The van der Waals surface area contributed by atoms with Gasteiger partial charge in [-0.1, -0.05) is 68.8 Å². The van der Waals surface area contributed by atoms with Gasteiger partial charge in [0.05, 0.1) is 10.2 Å². The van der Waals surface area contributed by atoms with Crippen molar-refractivity contribution < 1.29 is 4.79 Å². The molecule has 1 aromatic heterocycles. The van der Waals surface area contributed by atoms with Gasteiger partial charge >= 0.3 is 0 Å². The molecule has 0 aliphatic heterocycles. The molecule has 0 fully saturated rings. The fourth-order valence-electron chi connectivity index (χ4n) is 2.94. The Bertz CT molecular complexity index is 1280. The van der Waals surface area contributed by atoms with Crippen molar-refractivity contribution >= 4 is 28.8 Å². The topological polar surface area (TPSA) is 62.9 Å². The van der Waals surface area contributed by atoms with E-state index in [0.29, 0.717) is 14.9 Å². The molecule has 5 heteroatoms. The molecule has 0 saturated carbocycles. The van der Waals surface area contributed by atoms with Crippen molar-refractivity contribution in [3.8, 4) is 11.8 Å². The molecule has 0 spiro atoms. The van der Waals surface area contributed by atoms with Crippen molar-refractivity contribution in [3.05, 3.63) is 85.3 Å². The van der Waals surface area contributed by atoms with Crippen molar-refractivity contribution in [1.29, 1.82) is 5.26 Å². The number of rotatable bonds is 3. The number of hydrogen-bond acceptors (Lipinski definition) is 4. The quantitative estimate of drug-likeness (QED) is 0.675. The third-order valence-corrected chi connectivity index (χ3v) is 5.50. The minimum absolute atomic E-state index is 0.00680. The highest BCUT2D eigenvalue weighted by molar-refractivity contribution is 7.07. The minimum atomic E-state index is -0.729. The van der Waals surface area contributed by atoms with Crippen LogP contribution in [0.2, 0.25) is 0 Å². The first-order valence-corrected chi connectivity index (χ1v) is 10.1. The van der Waals surface area contributed by atoms with E-state index in [1.807, 2.05) is 49.4 Å². The first-order chi connectivity index (χ1) is 13.7. The summed E-state index contributed by atoms with van der Waals surface area (Å²) in [6, 6.07) is 19.0. The monoisotopic (exact) mass is 402 g/mol. The lowest BCUT2D eigenvalue weighted by Crippen LogP contribution is -2.33. The Morgan fingerprint density at radius 3 is 2.38 bits per heavy atom. The van der Waals surface area contributed by atoms with Crippen LogP contribution in [0.15, 0.2) is 59.4 Å². The normalized spacial score (nSPS) is 13.1. The summed E-state index contributed by atoms with van der Waals surface area (Å²) in [6.45, 7) is 7.30. The number of nitrogens with zero attached hydrogens (tertiary/aromatic N) is 2. The van der Waals surface area contributed by atoms with Gasteiger partial charge in [0.2, 0.25) is 0 Å². The highest BCUT2D eigenvalue weighted by Gasteiger charge is 2.27. The summed E-state index contributed by atoms with van der Waals surface area (Å²) in [5.74, 6) is -0.284. The number of nitriles is 1. The molecule has 0 aliphatic rings. The fraction of sp³-hybridized carbons (Fsp3) is 0.208. The van der Waals surface area contributed by atoms with Gasteiger partial charge in [-0.25, -0.2) is 0 Å². The maximum Gasteiger partial charge on any atom is 0.273 e. The highest BCUT2D eigenvalue weighted by atomic mass is 32.1. The standard InChI is InChI=1S/C24H22N2O2S/c1-16-9-8-10-17(13-16)14-20-22(28)26(18-11-6-5-7-12-18)23(29-20)19(15-25)21(27)24(2,3)4/h5-14H,1-4H3/b20-14-,23-19-. The van der Waals surface area contributed by atoms with E-state index < -0.39 is 5.41 Å². The summed E-state index contributed by atoms with van der Waals surface area (Å²) in [5, 5.41) is 9.78. The van der Waals surface area contributed by atoms with Crippen LogP contribution in [-0.4, -0.2) is 10.4 Å². The Balaban J connectivity index is 2.43. The van der Waals surface area contributed by atoms with Gasteiger partial charge < -0.3 is 0 Å². The molecule has 2 aromatic carbocycles. The molecule has 0 amide bonds. The zero-order chi connectivity index (χ0) is 21.2. The molecule has 0 atom stereocenters. The van der Waals surface area contributed by atoms with Crippen LogP contribution in [0.1, 0.15) is 31.9 Å². The molecular weight excluding hydrogens is 380 g/mol. The van der Waals surface area contributed by atoms with Gasteiger partial charge in [0.15, 0.2) is 5.78 Å². The number of ketones is 1. The maximum atomic E-state index is 13.3. The maximum absolute atomic E-state index is 13.3. The smallest absolute Gasteiger partial charge is 0.273 e. The Morgan fingerprint density at radius 1 is 1.10 bits per heavy atom. The fourth-order valence-corrected chi connectivity index (χ4v) is 4.05. The van der Waals surface area contributed by atoms with Gasteiger partial charge in [0.1, 0.15) is 16.3 Å². The van der Waals surface area contributed by atoms with Crippen LogP contribution in [0.3, 0.4) is 0 Å². The van der Waals surface area contributed by atoms with Crippen molar-refractivity contribution in [2.75, 3.05) is 0 Å². The average Bonchev–Trinajstić information content (AvgIpc) is 2.98. The Hall–Kier alpha value is -3.23. The number of benzene rings is 2. The van der Waals surface area contributed by atoms with Gasteiger partial charge in [-0.3, -0.25) is 14.2 Å². The Labute approximate surface area is 173 Å². The predicted molar refractivity (Wildman–Crippen MR) is 117 cm³/mol. The van der Waals surface area contributed by atoms with Gasteiger partial charge in [0, 0.05) is 5.41 Å². The molecule has 0 N–H and O–H groups in total. The van der Waals surface area contributed by atoms with Crippen LogP contribution < -0.4 is 14.8 Å². The zero-order valence-corrected chi connectivity index (χ0v) is 17.7. The van der Waals surface area contributed by atoms with Crippen molar-refractivity contribution in [1.82, 2.24) is 4.57 Å². The first kappa shape index (κ1) is 20.5. The van der Waals surface area contributed by atoms with Crippen LogP contribution in [-0.2, 0) is 4.79 Å². The van der Waals surface area contributed by atoms with E-state index in [0.717, 1.165) is 11.1 Å². The van der Waals surface area contributed by atoms with Crippen molar-refractivity contribution in [2.45, 2.75) is 27.7 Å². The van der Waals surface area contributed by atoms with Crippen LogP contribution in [0.4, 0.5) is 0 Å². The highest BCUT2D eigenvalue weighted by Crippen LogP contribution is 2.20. The van der Waals surface area contributed by atoms with Gasteiger partial charge in [-0.15, -0.1) is 11.3 Å². The summed E-state index contributed by atoms with van der Waals surface area (Å²) in [4.78, 5) is 26.2. The van der Waals surface area contributed by atoms with E-state index in [4.69, 9.17) is 0 Å². The lowest BCUT2D eigenvalue weighted by molar-refractivity contribution is -0.120. The third-order valence-electron chi connectivity index (χ3n) is 4.41. The van der Waals surface area contributed by atoms with Gasteiger partial charge in [-0.2, -0.15) is 5.26 Å². The Kier molecular flexibility index (Phi) is 5.67. The molecule has 3 rings (SSSR count). The lowest BCUT2D eigenvalue weighted by Gasteiger charge is -2.15. The van der Waals surface area contributed by atoms with E-state index in [-0.39, 0.29) is 16.9 Å². The van der Waals surface area contributed by atoms with E-state index in [1.54, 1.807) is 39.0 Å². The molecule has 1 heterocycles. The van der Waals surface area contributed by atoms with E-state index in [2.05, 4.69) is 6.07 Å². The SMILES string of the molecule is Cc1cccc(/C=c2\s/c(=C(/C#N)C(=O)C(C)(C)C)n(-c3ccccc3)c2=O)c1. The van der Waals surface area contributed by atoms with Gasteiger partial charge in [0.25, 0.3) is 5.56 Å². The molecule has 0 saturated heterocycles. The van der Waals surface area contributed by atoms with E-state index in [1.165, 1.54) is 15.9 Å². The van der Waals surface area contributed by atoms with Crippen LogP contribution >= 0.6 is 11.3 Å². The molecule has 4 nitrogen and oxygen atoms in total. The van der Waals surface area contributed by atoms with Crippen LogP contribution in [0, 0.1) is 23.7 Å². The molecule has 0 unspecified atom stereocenters. The summed E-state index contributed by atoms with van der Waals surface area (Å²) < 4.78 is 2.31. The molecule has 146 valence electrons. The Morgan fingerprint density at radius 2 is 1.79 bits per heavy atom. The lowest BCUT2D eigenvalue weighted by atomic mass is 9.87. The largest absolute Gasteiger partial charge is 0.293 e. The number of hydrogen-bond donors (Lipinski definition) is 0. The third kappa shape index (κ3) is 4.28. The van der Waals surface area contributed by atoms with E-state index in [9.17, 15) is 14.9 Å². The van der Waals surface area contributed by atoms with E-state index >= 15 is 0 Å². The number of carbonyl (C=O) groups is 1. The molecule has 0 bridgehead atoms. The van der Waals surface area contributed by atoms with Crippen molar-refractivity contribution in [2.24, 2.45) is 5.41 Å². The predicted octanol–water partition coefficient (Wildman–Crippen LogP) is 3.33. The summed E-state index contributed by atoms with van der Waals surface area (Å²) >= 11 is 1.17. The molecular formula is C24H22N2O2S. The first-order valence-electron chi connectivity index (χ1n) is 9.27. The van der Waals surface area contributed by atoms with Gasteiger partial charge in [-0.05, 0) is 30.7 Å². The number of aromatic nitrogens is 1. The second kappa shape index (κ2) is 8.02. The molecule has 0 aliphatic carbocycles. The average molecular weight is 403 g/mol. The molecule has 29 heavy (non-hydrogen) atoms. The number of Topliss-reactive ketones (excluding diaryl/α,β-unsaturated/α-hetero) is 1. The zero-order valence-electron chi connectivity index (χ0n) is 16.9. The second-order valence-corrected chi connectivity index (χ2v) is 8.90. The minimum Gasteiger partial charge on any atom is -0.293 e. The number of para-hydroxylation sites is 1. The number of carbonyl (C=O) groups excluding carboxylic acids is 1. The number of aryl methyl sites for hydroxylation is 1. The number of thiazole rings is 1. The summed E-state index contributed by atoms with van der Waals surface area (Å²) in [7, 11) is 0. The van der Waals surface area contributed by atoms with Crippen LogP contribution in [0.5, 0.6) is 0 Å². The van der Waals surface area contributed by atoms with Crippen molar-refractivity contribution in [3.63, 3.8) is 0 Å². The summed E-state index contributed by atoms with van der Waals surface area (Å²) in [6.07, 6.45) is 1.81. The molecule has 0 radical (unpaired) electrons. The molecule has 3 aromatic rings. The summed E-state index contributed by atoms with van der Waals surface area (Å²) in [5.41, 5.74) is 1.65.